The van der Waals surface area contributed by atoms with Gasteiger partial charge in [0.05, 0.1) is 10.4 Å². The largest absolute Gasteiger partial charge is 0.355 e. The standard InChI is InChI=1S/C15H10FN3O2/c16-10-1-3-11(4-2-10)18-14-7-8-17-15-9-12(19(20)21)5-6-13(14)15/h1-9H,(H,17,18). The smallest absolute Gasteiger partial charge is 0.271 e. The molecule has 0 saturated heterocycles. The van der Waals surface area contributed by atoms with E-state index in [1.54, 1.807) is 30.5 Å². The van der Waals surface area contributed by atoms with E-state index in [1.165, 1.54) is 24.3 Å². The SMILES string of the molecule is O=[N+]([O-])c1ccc2c(Nc3ccc(F)cc3)ccnc2c1. The Morgan fingerprint density at radius 3 is 2.57 bits per heavy atom. The van der Waals surface area contributed by atoms with Crippen LogP contribution in [0.2, 0.25) is 0 Å². The third-order valence-corrected chi connectivity index (χ3v) is 3.06. The van der Waals surface area contributed by atoms with Gasteiger partial charge in [-0.15, -0.1) is 0 Å². The minimum Gasteiger partial charge on any atom is -0.355 e. The summed E-state index contributed by atoms with van der Waals surface area (Å²) in [5.74, 6) is -0.309. The van der Waals surface area contributed by atoms with Crippen molar-refractivity contribution in [2.45, 2.75) is 0 Å². The normalized spacial score (nSPS) is 10.5. The highest BCUT2D eigenvalue weighted by atomic mass is 19.1. The molecule has 0 amide bonds. The molecule has 104 valence electrons. The summed E-state index contributed by atoms with van der Waals surface area (Å²) in [5, 5.41) is 14.7. The van der Waals surface area contributed by atoms with Crippen molar-refractivity contribution in [1.82, 2.24) is 4.98 Å². The van der Waals surface area contributed by atoms with Crippen LogP contribution in [0.3, 0.4) is 0 Å². The number of hydrogen-bond donors (Lipinski definition) is 1. The van der Waals surface area contributed by atoms with Gasteiger partial charge in [0.25, 0.3) is 5.69 Å². The quantitative estimate of drug-likeness (QED) is 0.582. The molecule has 21 heavy (non-hydrogen) atoms. The number of anilines is 2. The van der Waals surface area contributed by atoms with Gasteiger partial charge in [-0.25, -0.2) is 4.39 Å². The molecule has 2 aromatic carbocycles. The van der Waals surface area contributed by atoms with E-state index in [9.17, 15) is 14.5 Å². The van der Waals surface area contributed by atoms with Crippen molar-refractivity contribution >= 4 is 28.0 Å². The number of nitro benzene ring substituents is 1. The summed E-state index contributed by atoms with van der Waals surface area (Å²) in [5.41, 5.74) is 1.99. The Morgan fingerprint density at radius 1 is 1.10 bits per heavy atom. The number of benzene rings is 2. The van der Waals surface area contributed by atoms with Gasteiger partial charge in [0.1, 0.15) is 5.82 Å². The van der Waals surface area contributed by atoms with Crippen molar-refractivity contribution < 1.29 is 9.31 Å². The molecule has 0 fully saturated rings. The van der Waals surface area contributed by atoms with Crippen LogP contribution in [0.1, 0.15) is 0 Å². The van der Waals surface area contributed by atoms with E-state index in [2.05, 4.69) is 10.3 Å². The molecule has 0 aliphatic rings. The molecule has 0 aliphatic heterocycles. The molecule has 6 heteroatoms. The number of aromatic nitrogens is 1. The second-order valence-electron chi connectivity index (χ2n) is 4.45. The third-order valence-electron chi connectivity index (χ3n) is 3.06. The van der Waals surface area contributed by atoms with Crippen LogP contribution in [-0.2, 0) is 0 Å². The summed E-state index contributed by atoms with van der Waals surface area (Å²) >= 11 is 0. The highest BCUT2D eigenvalue weighted by molar-refractivity contribution is 5.93. The van der Waals surface area contributed by atoms with Crippen LogP contribution >= 0.6 is 0 Å². The summed E-state index contributed by atoms with van der Waals surface area (Å²) in [6.45, 7) is 0. The third kappa shape index (κ3) is 2.64. The number of nitrogens with one attached hydrogen (secondary N) is 1. The fourth-order valence-electron chi connectivity index (χ4n) is 2.05. The zero-order chi connectivity index (χ0) is 14.8. The lowest BCUT2D eigenvalue weighted by atomic mass is 10.1. The molecule has 0 spiro atoms. The molecule has 0 radical (unpaired) electrons. The van der Waals surface area contributed by atoms with E-state index < -0.39 is 4.92 Å². The number of hydrogen-bond acceptors (Lipinski definition) is 4. The number of nitro groups is 1. The number of pyridine rings is 1. The number of nitrogens with zero attached hydrogens (tertiary/aromatic N) is 2. The summed E-state index contributed by atoms with van der Waals surface area (Å²) in [4.78, 5) is 14.5. The first-order valence-corrected chi connectivity index (χ1v) is 6.19. The number of non-ortho nitro benzene ring substituents is 1. The molecule has 1 aromatic heterocycles. The Hall–Kier alpha value is -3.02. The molecule has 0 unspecified atom stereocenters. The van der Waals surface area contributed by atoms with Gasteiger partial charge in [-0.1, -0.05) is 0 Å². The summed E-state index contributed by atoms with van der Waals surface area (Å²) in [7, 11) is 0. The zero-order valence-corrected chi connectivity index (χ0v) is 10.8. The van der Waals surface area contributed by atoms with Crippen molar-refractivity contribution in [2.75, 3.05) is 5.32 Å². The first-order chi connectivity index (χ1) is 10.1. The van der Waals surface area contributed by atoms with Crippen molar-refractivity contribution in [1.29, 1.82) is 0 Å². The fourth-order valence-corrected chi connectivity index (χ4v) is 2.05. The van der Waals surface area contributed by atoms with E-state index >= 15 is 0 Å². The van der Waals surface area contributed by atoms with Crippen LogP contribution in [0.5, 0.6) is 0 Å². The van der Waals surface area contributed by atoms with Gasteiger partial charge in [0, 0.05) is 35.1 Å². The van der Waals surface area contributed by atoms with Crippen LogP contribution in [0.15, 0.2) is 54.7 Å². The molecule has 0 aliphatic carbocycles. The molecule has 3 rings (SSSR count). The average molecular weight is 283 g/mol. The van der Waals surface area contributed by atoms with Crippen molar-refractivity contribution in [3.63, 3.8) is 0 Å². The molecule has 0 saturated carbocycles. The van der Waals surface area contributed by atoms with Gasteiger partial charge in [-0.2, -0.15) is 0 Å². The second kappa shape index (κ2) is 5.16. The highest BCUT2D eigenvalue weighted by Crippen LogP contribution is 2.27. The summed E-state index contributed by atoms with van der Waals surface area (Å²) in [6.07, 6.45) is 1.57. The second-order valence-corrected chi connectivity index (χ2v) is 4.45. The first-order valence-electron chi connectivity index (χ1n) is 6.19. The molecule has 0 bridgehead atoms. The summed E-state index contributed by atoms with van der Waals surface area (Å²) < 4.78 is 12.9. The Kier molecular flexibility index (Phi) is 3.19. The summed E-state index contributed by atoms with van der Waals surface area (Å²) in [6, 6.07) is 12.2. The fraction of sp³-hybridized carbons (Fsp3) is 0. The Labute approximate surface area is 119 Å². The van der Waals surface area contributed by atoms with Crippen LogP contribution in [-0.4, -0.2) is 9.91 Å². The van der Waals surface area contributed by atoms with Crippen molar-refractivity contribution in [2.24, 2.45) is 0 Å². The van der Waals surface area contributed by atoms with Gasteiger partial charge in [0.15, 0.2) is 0 Å². The van der Waals surface area contributed by atoms with E-state index in [1.807, 2.05) is 0 Å². The Bertz CT molecular complexity index is 819. The topological polar surface area (TPSA) is 68.1 Å². The van der Waals surface area contributed by atoms with Crippen LogP contribution in [0.4, 0.5) is 21.5 Å². The molecule has 5 nitrogen and oxygen atoms in total. The zero-order valence-electron chi connectivity index (χ0n) is 10.8. The Balaban J connectivity index is 2.02. The lowest BCUT2D eigenvalue weighted by molar-refractivity contribution is -0.384. The van der Waals surface area contributed by atoms with Crippen molar-refractivity contribution in [3.8, 4) is 0 Å². The maximum absolute atomic E-state index is 12.9. The van der Waals surface area contributed by atoms with Crippen molar-refractivity contribution in [3.05, 3.63) is 70.7 Å². The van der Waals surface area contributed by atoms with Crippen LogP contribution in [0.25, 0.3) is 10.9 Å². The molecule has 3 aromatic rings. The monoisotopic (exact) mass is 283 g/mol. The Morgan fingerprint density at radius 2 is 1.86 bits per heavy atom. The molecule has 1 N–H and O–H groups in total. The van der Waals surface area contributed by atoms with E-state index in [4.69, 9.17) is 0 Å². The predicted molar refractivity (Wildman–Crippen MR) is 78.1 cm³/mol. The van der Waals surface area contributed by atoms with Gasteiger partial charge < -0.3 is 5.32 Å². The number of fused-ring (bicyclic) bond motifs is 1. The minimum absolute atomic E-state index is 0.00562. The predicted octanol–water partition coefficient (Wildman–Crippen LogP) is 4.03. The number of rotatable bonds is 3. The molecule has 1 heterocycles. The lowest BCUT2D eigenvalue weighted by Crippen LogP contribution is -1.94. The molecular weight excluding hydrogens is 273 g/mol. The first kappa shape index (κ1) is 13.0. The average Bonchev–Trinajstić information content (AvgIpc) is 2.49. The molecular formula is C15H10FN3O2. The maximum atomic E-state index is 12.9. The van der Waals surface area contributed by atoms with E-state index in [0.717, 1.165) is 16.8 Å². The van der Waals surface area contributed by atoms with Gasteiger partial charge >= 0.3 is 0 Å². The highest BCUT2D eigenvalue weighted by Gasteiger charge is 2.09. The van der Waals surface area contributed by atoms with Crippen LogP contribution in [0, 0.1) is 15.9 Å². The molecule has 0 atom stereocenters. The van der Waals surface area contributed by atoms with Gasteiger partial charge in [-0.3, -0.25) is 15.1 Å². The number of halogens is 1. The van der Waals surface area contributed by atoms with Crippen LogP contribution < -0.4 is 5.32 Å². The lowest BCUT2D eigenvalue weighted by Gasteiger charge is -2.09. The minimum atomic E-state index is -0.457. The van der Waals surface area contributed by atoms with E-state index in [-0.39, 0.29) is 11.5 Å². The van der Waals surface area contributed by atoms with Gasteiger partial charge in [-0.05, 0) is 36.4 Å². The maximum Gasteiger partial charge on any atom is 0.271 e. The van der Waals surface area contributed by atoms with E-state index in [0.29, 0.717) is 5.52 Å². The van der Waals surface area contributed by atoms with Gasteiger partial charge in [0.2, 0.25) is 0 Å².